The molecule has 0 spiro atoms. The van der Waals surface area contributed by atoms with Crippen LogP contribution in [0.15, 0.2) is 11.1 Å². The van der Waals surface area contributed by atoms with Crippen LogP contribution in [-0.4, -0.2) is 52.1 Å². The molecular weight excluding hydrogens is 262 g/mol. The number of aromatic amines is 1. The van der Waals surface area contributed by atoms with Crippen molar-refractivity contribution >= 4 is 26.8 Å². The minimum atomic E-state index is -0.102. The number of thiazole rings is 1. The van der Waals surface area contributed by atoms with Gasteiger partial charge in [-0.1, -0.05) is 11.3 Å². The van der Waals surface area contributed by atoms with Crippen LogP contribution in [-0.2, 0) is 0 Å². The van der Waals surface area contributed by atoms with Crippen LogP contribution in [0.5, 0.6) is 0 Å². The first-order valence-electron chi connectivity index (χ1n) is 6.48. The van der Waals surface area contributed by atoms with Crippen LogP contribution in [0.1, 0.15) is 13.8 Å². The summed E-state index contributed by atoms with van der Waals surface area (Å²) in [4.78, 5) is 27.5. The molecule has 1 fully saturated rings. The van der Waals surface area contributed by atoms with E-state index in [0.717, 1.165) is 31.3 Å². The van der Waals surface area contributed by atoms with E-state index < -0.39 is 0 Å². The SMILES string of the molecule is CC(C)N1CCN(c2nc3nc[nH]c(=O)c3s2)CC1. The van der Waals surface area contributed by atoms with E-state index in [1.807, 2.05) is 0 Å². The molecule has 1 aliphatic rings. The summed E-state index contributed by atoms with van der Waals surface area (Å²) in [5.41, 5.74) is 0.449. The Kier molecular flexibility index (Phi) is 3.24. The minimum absolute atomic E-state index is 0.102. The Balaban J connectivity index is 1.82. The van der Waals surface area contributed by atoms with Crippen LogP contribution in [0.3, 0.4) is 0 Å². The van der Waals surface area contributed by atoms with Gasteiger partial charge in [-0.3, -0.25) is 9.69 Å². The van der Waals surface area contributed by atoms with Gasteiger partial charge in [0.25, 0.3) is 5.56 Å². The van der Waals surface area contributed by atoms with Crippen molar-refractivity contribution in [1.29, 1.82) is 0 Å². The highest BCUT2D eigenvalue weighted by Gasteiger charge is 2.21. The second-order valence-electron chi connectivity index (χ2n) is 5.00. The number of piperazine rings is 1. The summed E-state index contributed by atoms with van der Waals surface area (Å²) in [7, 11) is 0. The van der Waals surface area contributed by atoms with E-state index >= 15 is 0 Å². The molecule has 2 aromatic rings. The van der Waals surface area contributed by atoms with Crippen molar-refractivity contribution < 1.29 is 0 Å². The second kappa shape index (κ2) is 4.90. The average molecular weight is 279 g/mol. The van der Waals surface area contributed by atoms with Gasteiger partial charge in [-0.2, -0.15) is 4.98 Å². The number of nitrogens with one attached hydrogen (secondary N) is 1. The van der Waals surface area contributed by atoms with Gasteiger partial charge in [0.2, 0.25) is 0 Å². The molecule has 1 aliphatic heterocycles. The molecule has 0 aromatic carbocycles. The molecule has 2 aromatic heterocycles. The molecule has 1 N–H and O–H groups in total. The summed E-state index contributed by atoms with van der Waals surface area (Å²) in [6.07, 6.45) is 1.41. The normalized spacial score (nSPS) is 17.5. The molecule has 19 heavy (non-hydrogen) atoms. The van der Waals surface area contributed by atoms with E-state index in [1.165, 1.54) is 17.7 Å². The van der Waals surface area contributed by atoms with E-state index in [4.69, 9.17) is 0 Å². The zero-order chi connectivity index (χ0) is 13.4. The zero-order valence-electron chi connectivity index (χ0n) is 11.1. The van der Waals surface area contributed by atoms with Crippen LogP contribution >= 0.6 is 11.3 Å². The first-order chi connectivity index (χ1) is 9.15. The van der Waals surface area contributed by atoms with E-state index in [0.29, 0.717) is 16.4 Å². The van der Waals surface area contributed by atoms with Crippen molar-refractivity contribution in [2.24, 2.45) is 0 Å². The third-order valence-corrected chi connectivity index (χ3v) is 4.61. The van der Waals surface area contributed by atoms with Gasteiger partial charge in [-0.25, -0.2) is 4.98 Å². The van der Waals surface area contributed by atoms with E-state index in [2.05, 4.69) is 38.6 Å². The molecule has 6 nitrogen and oxygen atoms in total. The first-order valence-corrected chi connectivity index (χ1v) is 7.30. The van der Waals surface area contributed by atoms with E-state index in [-0.39, 0.29) is 5.56 Å². The van der Waals surface area contributed by atoms with E-state index in [9.17, 15) is 4.79 Å². The van der Waals surface area contributed by atoms with Gasteiger partial charge < -0.3 is 9.88 Å². The van der Waals surface area contributed by atoms with Crippen LogP contribution in [0.25, 0.3) is 10.3 Å². The molecule has 0 atom stereocenters. The molecule has 0 bridgehead atoms. The fourth-order valence-electron chi connectivity index (χ4n) is 2.32. The lowest BCUT2D eigenvalue weighted by molar-refractivity contribution is 0.209. The summed E-state index contributed by atoms with van der Waals surface area (Å²) in [5.74, 6) is 0. The third-order valence-electron chi connectivity index (χ3n) is 3.50. The molecule has 0 saturated carbocycles. The van der Waals surface area contributed by atoms with Gasteiger partial charge >= 0.3 is 0 Å². The Morgan fingerprint density at radius 1 is 1.32 bits per heavy atom. The third kappa shape index (κ3) is 2.35. The number of anilines is 1. The minimum Gasteiger partial charge on any atom is -0.345 e. The lowest BCUT2D eigenvalue weighted by atomic mass is 10.2. The van der Waals surface area contributed by atoms with Gasteiger partial charge in [0.1, 0.15) is 4.70 Å². The summed E-state index contributed by atoms with van der Waals surface area (Å²) < 4.78 is 0.615. The smallest absolute Gasteiger partial charge is 0.270 e. The summed E-state index contributed by atoms with van der Waals surface area (Å²) in [5, 5.41) is 0.905. The number of rotatable bonds is 2. The van der Waals surface area contributed by atoms with Crippen LogP contribution < -0.4 is 10.5 Å². The molecule has 0 amide bonds. The zero-order valence-corrected chi connectivity index (χ0v) is 11.9. The van der Waals surface area contributed by atoms with Crippen molar-refractivity contribution in [3.05, 3.63) is 16.7 Å². The fourth-order valence-corrected chi connectivity index (χ4v) is 3.29. The highest BCUT2D eigenvalue weighted by Crippen LogP contribution is 2.25. The number of H-pyrrole nitrogens is 1. The predicted octanol–water partition coefficient (Wildman–Crippen LogP) is 0.910. The van der Waals surface area contributed by atoms with Gasteiger partial charge in [0.05, 0.1) is 6.33 Å². The lowest BCUT2D eigenvalue weighted by Crippen LogP contribution is -2.48. The molecular formula is C12H17N5OS. The molecule has 7 heteroatoms. The monoisotopic (exact) mass is 279 g/mol. The standard InChI is InChI=1S/C12H17N5OS/c1-8(2)16-3-5-17(6-4-16)12-15-10-9(19-12)11(18)14-7-13-10/h7-8H,3-6H2,1-2H3,(H,13,14,18). The topological polar surface area (TPSA) is 65.1 Å². The van der Waals surface area contributed by atoms with E-state index in [1.54, 1.807) is 0 Å². The van der Waals surface area contributed by atoms with Crippen LogP contribution in [0.2, 0.25) is 0 Å². The molecule has 1 saturated heterocycles. The Hall–Kier alpha value is -1.47. The Morgan fingerprint density at radius 3 is 2.68 bits per heavy atom. The fraction of sp³-hybridized carbons (Fsp3) is 0.583. The maximum absolute atomic E-state index is 11.7. The van der Waals surface area contributed by atoms with Gasteiger partial charge in [0, 0.05) is 32.2 Å². The number of aromatic nitrogens is 3. The molecule has 0 unspecified atom stereocenters. The summed E-state index contributed by atoms with van der Waals surface area (Å²) in [6, 6.07) is 0.585. The second-order valence-corrected chi connectivity index (χ2v) is 5.98. The molecule has 3 heterocycles. The number of nitrogens with zero attached hydrogens (tertiary/aromatic N) is 4. The first kappa shape index (κ1) is 12.6. The predicted molar refractivity (Wildman–Crippen MR) is 77.0 cm³/mol. The largest absolute Gasteiger partial charge is 0.345 e. The number of hydrogen-bond donors (Lipinski definition) is 1. The maximum Gasteiger partial charge on any atom is 0.270 e. The van der Waals surface area contributed by atoms with Crippen LogP contribution in [0, 0.1) is 0 Å². The van der Waals surface area contributed by atoms with Gasteiger partial charge in [-0.05, 0) is 13.8 Å². The van der Waals surface area contributed by atoms with Crippen molar-refractivity contribution in [1.82, 2.24) is 19.9 Å². The highest BCUT2D eigenvalue weighted by atomic mass is 32.1. The van der Waals surface area contributed by atoms with Crippen molar-refractivity contribution in [3.8, 4) is 0 Å². The highest BCUT2D eigenvalue weighted by molar-refractivity contribution is 7.22. The Labute approximate surface area is 115 Å². The van der Waals surface area contributed by atoms with Crippen molar-refractivity contribution in [2.75, 3.05) is 31.1 Å². The number of hydrogen-bond acceptors (Lipinski definition) is 6. The van der Waals surface area contributed by atoms with Crippen molar-refractivity contribution in [2.45, 2.75) is 19.9 Å². The van der Waals surface area contributed by atoms with Crippen LogP contribution in [0.4, 0.5) is 5.13 Å². The molecule has 0 aliphatic carbocycles. The van der Waals surface area contributed by atoms with Crippen molar-refractivity contribution in [3.63, 3.8) is 0 Å². The number of fused-ring (bicyclic) bond motifs is 1. The quantitative estimate of drug-likeness (QED) is 0.885. The average Bonchev–Trinajstić information content (AvgIpc) is 2.84. The summed E-state index contributed by atoms with van der Waals surface area (Å²) in [6.45, 7) is 8.42. The van der Waals surface area contributed by atoms with Gasteiger partial charge in [-0.15, -0.1) is 0 Å². The molecule has 0 radical (unpaired) electrons. The summed E-state index contributed by atoms with van der Waals surface area (Å²) >= 11 is 1.43. The maximum atomic E-state index is 11.7. The molecule has 102 valence electrons. The lowest BCUT2D eigenvalue weighted by Gasteiger charge is -2.36. The Bertz CT molecular complexity index is 626. The Morgan fingerprint density at radius 2 is 2.05 bits per heavy atom. The van der Waals surface area contributed by atoms with Gasteiger partial charge in [0.15, 0.2) is 10.8 Å². The molecule has 3 rings (SSSR count).